The maximum atomic E-state index is 13.0. The molecule has 1 saturated heterocycles. The number of carbonyl (C=O) groups excluding carboxylic acids is 2. The van der Waals surface area contributed by atoms with E-state index in [1.54, 1.807) is 17.0 Å². The van der Waals surface area contributed by atoms with Gasteiger partial charge in [-0.3, -0.25) is 14.3 Å². The number of likely N-dealkylation sites (tertiary alicyclic amines) is 1. The number of nitrogens with one attached hydrogen (secondary N) is 1. The van der Waals surface area contributed by atoms with Gasteiger partial charge in [0.15, 0.2) is 5.82 Å². The van der Waals surface area contributed by atoms with Gasteiger partial charge in [0.05, 0.1) is 17.5 Å². The van der Waals surface area contributed by atoms with Gasteiger partial charge in [-0.15, -0.1) is 0 Å². The molecule has 1 aromatic heterocycles. The van der Waals surface area contributed by atoms with Crippen LogP contribution in [0.25, 0.3) is 10.9 Å². The van der Waals surface area contributed by atoms with E-state index in [2.05, 4.69) is 10.4 Å². The van der Waals surface area contributed by atoms with Gasteiger partial charge in [-0.2, -0.15) is 18.3 Å². The van der Waals surface area contributed by atoms with Crippen LogP contribution in [0.5, 0.6) is 5.75 Å². The summed E-state index contributed by atoms with van der Waals surface area (Å²) >= 11 is 0. The van der Waals surface area contributed by atoms with Crippen LogP contribution in [0.4, 0.5) is 19.0 Å². The lowest BCUT2D eigenvalue weighted by Gasteiger charge is -2.13. The van der Waals surface area contributed by atoms with Gasteiger partial charge >= 0.3 is 6.18 Å². The van der Waals surface area contributed by atoms with Crippen LogP contribution in [0.15, 0.2) is 18.2 Å². The largest absolute Gasteiger partial charge is 0.491 e. The molecule has 0 aliphatic carbocycles. The molecule has 1 aromatic carbocycles. The topological polar surface area (TPSA) is 76.5 Å². The number of carbonyl (C=O) groups is 2. The quantitative estimate of drug-likeness (QED) is 0.791. The monoisotopic (exact) mass is 412 g/mol. The van der Waals surface area contributed by atoms with Crippen LogP contribution < -0.4 is 10.1 Å². The van der Waals surface area contributed by atoms with Crippen molar-refractivity contribution in [1.29, 1.82) is 0 Å². The van der Waals surface area contributed by atoms with Gasteiger partial charge in [0, 0.05) is 31.0 Å². The maximum Gasteiger partial charge on any atom is 0.408 e. The van der Waals surface area contributed by atoms with Crippen molar-refractivity contribution in [2.75, 3.05) is 18.4 Å². The second-order valence-electron chi connectivity index (χ2n) is 7.29. The van der Waals surface area contributed by atoms with Gasteiger partial charge in [-0.25, -0.2) is 0 Å². The van der Waals surface area contributed by atoms with E-state index in [4.69, 9.17) is 4.74 Å². The summed E-state index contributed by atoms with van der Waals surface area (Å²) in [5.41, 5.74) is 0.202. The van der Waals surface area contributed by atoms with Crippen LogP contribution in [-0.4, -0.2) is 51.9 Å². The lowest BCUT2D eigenvalue weighted by atomic mass is 10.1. The average Bonchev–Trinajstić information content (AvgIpc) is 3.14. The van der Waals surface area contributed by atoms with Crippen molar-refractivity contribution in [3.8, 4) is 5.75 Å². The van der Waals surface area contributed by atoms with E-state index in [1.165, 1.54) is 6.07 Å². The molecule has 2 amide bonds. The van der Waals surface area contributed by atoms with Gasteiger partial charge in [0.25, 0.3) is 0 Å². The molecule has 158 valence electrons. The molecule has 0 spiro atoms. The minimum absolute atomic E-state index is 0.0349. The Bertz CT molecular complexity index is 923. The molecule has 1 atom stereocenters. The molecule has 7 nitrogen and oxygen atoms in total. The number of rotatable bonds is 6. The first-order valence-corrected chi connectivity index (χ1v) is 9.40. The first kappa shape index (κ1) is 20.9. The number of benzene rings is 1. The zero-order valence-electron chi connectivity index (χ0n) is 16.4. The molecule has 0 bridgehead atoms. The van der Waals surface area contributed by atoms with E-state index in [9.17, 15) is 22.8 Å². The molecule has 2 heterocycles. The minimum atomic E-state index is -4.48. The number of hydrogen-bond acceptors (Lipinski definition) is 4. The van der Waals surface area contributed by atoms with E-state index >= 15 is 0 Å². The molecule has 3 rings (SSSR count). The van der Waals surface area contributed by atoms with Crippen molar-refractivity contribution in [3.05, 3.63) is 18.2 Å². The minimum Gasteiger partial charge on any atom is -0.491 e. The number of alkyl halides is 3. The van der Waals surface area contributed by atoms with Crippen molar-refractivity contribution < 1.29 is 27.5 Å². The van der Waals surface area contributed by atoms with E-state index in [-0.39, 0.29) is 36.3 Å². The standard InChI is InChI=1S/C19H23F3N4O3/c1-4-25-9-12(7-16(25)27)18(28)23-17-14-6-5-13(29-11(2)3)8-15(14)26(24-17)10-19(20,21)22/h5-6,8,11-12H,4,7,9-10H2,1-3H3,(H,23,24,28)/t12-/m1/s1. The molecule has 1 aliphatic heterocycles. The average molecular weight is 412 g/mol. The Morgan fingerprint density at radius 1 is 1.38 bits per heavy atom. The van der Waals surface area contributed by atoms with Gasteiger partial charge in [0.1, 0.15) is 12.3 Å². The Morgan fingerprint density at radius 2 is 2.10 bits per heavy atom. The predicted molar refractivity (Wildman–Crippen MR) is 101 cm³/mol. The fourth-order valence-corrected chi connectivity index (χ4v) is 3.35. The lowest BCUT2D eigenvalue weighted by molar-refractivity contribution is -0.141. The van der Waals surface area contributed by atoms with Crippen molar-refractivity contribution in [1.82, 2.24) is 14.7 Å². The zero-order chi connectivity index (χ0) is 21.3. The van der Waals surface area contributed by atoms with E-state index < -0.39 is 24.5 Å². The number of hydrogen-bond donors (Lipinski definition) is 1. The summed E-state index contributed by atoms with van der Waals surface area (Å²) in [5, 5.41) is 6.95. The van der Waals surface area contributed by atoms with Crippen molar-refractivity contribution >= 4 is 28.5 Å². The van der Waals surface area contributed by atoms with E-state index in [0.717, 1.165) is 4.68 Å². The Morgan fingerprint density at radius 3 is 2.69 bits per heavy atom. The number of aromatic nitrogens is 2. The molecular formula is C19H23F3N4O3. The van der Waals surface area contributed by atoms with Gasteiger partial charge in [-0.1, -0.05) is 0 Å². The number of nitrogens with zero attached hydrogens (tertiary/aromatic N) is 3. The fourth-order valence-electron chi connectivity index (χ4n) is 3.35. The molecule has 1 aliphatic rings. The summed E-state index contributed by atoms with van der Waals surface area (Å²) in [6.45, 7) is 4.94. The summed E-state index contributed by atoms with van der Waals surface area (Å²) in [4.78, 5) is 26.0. The highest BCUT2D eigenvalue weighted by Crippen LogP contribution is 2.30. The molecule has 29 heavy (non-hydrogen) atoms. The fraction of sp³-hybridized carbons (Fsp3) is 0.526. The smallest absolute Gasteiger partial charge is 0.408 e. The van der Waals surface area contributed by atoms with Crippen LogP contribution >= 0.6 is 0 Å². The van der Waals surface area contributed by atoms with E-state index in [0.29, 0.717) is 17.7 Å². The molecule has 0 saturated carbocycles. The zero-order valence-corrected chi connectivity index (χ0v) is 16.4. The molecule has 2 aromatic rings. The number of anilines is 1. The third-order valence-corrected chi connectivity index (χ3v) is 4.63. The summed E-state index contributed by atoms with van der Waals surface area (Å²) in [6, 6.07) is 4.66. The number of ether oxygens (including phenoxy) is 1. The Balaban J connectivity index is 1.91. The molecule has 10 heteroatoms. The summed E-state index contributed by atoms with van der Waals surface area (Å²) in [5.74, 6) is -0.666. The third kappa shape index (κ3) is 4.80. The molecule has 1 fully saturated rings. The van der Waals surface area contributed by atoms with Gasteiger partial charge in [0.2, 0.25) is 11.8 Å². The van der Waals surface area contributed by atoms with Gasteiger partial charge < -0.3 is 15.0 Å². The first-order valence-electron chi connectivity index (χ1n) is 9.40. The van der Waals surface area contributed by atoms with Crippen LogP contribution in [0.1, 0.15) is 27.2 Å². The number of halogens is 3. The third-order valence-electron chi connectivity index (χ3n) is 4.63. The number of fused-ring (bicyclic) bond motifs is 1. The predicted octanol–water partition coefficient (Wildman–Crippen LogP) is 3.19. The highest BCUT2D eigenvalue weighted by Gasteiger charge is 2.34. The molecule has 1 N–H and O–H groups in total. The van der Waals surface area contributed by atoms with Crippen LogP contribution in [0, 0.1) is 5.92 Å². The second-order valence-corrected chi connectivity index (χ2v) is 7.29. The summed E-state index contributed by atoms with van der Waals surface area (Å²) < 4.78 is 45.4. The maximum absolute atomic E-state index is 13.0. The normalized spacial score (nSPS) is 17.4. The van der Waals surface area contributed by atoms with Crippen LogP contribution in [-0.2, 0) is 16.1 Å². The Hall–Kier alpha value is -2.78. The SMILES string of the molecule is CCN1C[C@H](C(=O)Nc2nn(CC(F)(F)F)c3cc(OC(C)C)ccc23)CC1=O. The first-order chi connectivity index (χ1) is 13.6. The van der Waals surface area contributed by atoms with Crippen molar-refractivity contribution in [2.45, 2.75) is 46.0 Å². The molecule has 0 radical (unpaired) electrons. The van der Waals surface area contributed by atoms with Gasteiger partial charge in [-0.05, 0) is 32.9 Å². The second kappa shape index (κ2) is 7.92. The molecule has 0 unspecified atom stereocenters. The highest BCUT2D eigenvalue weighted by molar-refractivity contribution is 6.02. The van der Waals surface area contributed by atoms with Crippen LogP contribution in [0.3, 0.4) is 0 Å². The Kier molecular flexibility index (Phi) is 5.72. The summed E-state index contributed by atoms with van der Waals surface area (Å²) in [6.07, 6.45) is -4.55. The number of amides is 2. The summed E-state index contributed by atoms with van der Waals surface area (Å²) in [7, 11) is 0. The van der Waals surface area contributed by atoms with Crippen LogP contribution in [0.2, 0.25) is 0 Å². The molecular weight excluding hydrogens is 389 g/mol. The lowest BCUT2D eigenvalue weighted by Crippen LogP contribution is -2.28. The van der Waals surface area contributed by atoms with E-state index in [1.807, 2.05) is 20.8 Å². The highest BCUT2D eigenvalue weighted by atomic mass is 19.4. The van der Waals surface area contributed by atoms with Crippen molar-refractivity contribution in [2.24, 2.45) is 5.92 Å². The van der Waals surface area contributed by atoms with Crippen molar-refractivity contribution in [3.63, 3.8) is 0 Å². The Labute approximate surface area is 165 Å².